The predicted molar refractivity (Wildman–Crippen MR) is 61.9 cm³/mol. The van der Waals surface area contributed by atoms with E-state index in [0.717, 1.165) is 51.9 Å². The summed E-state index contributed by atoms with van der Waals surface area (Å²) in [6.45, 7) is 4.55. The zero-order valence-electron chi connectivity index (χ0n) is 10.1. The molecule has 0 radical (unpaired) electrons. The van der Waals surface area contributed by atoms with Gasteiger partial charge in [-0.2, -0.15) is 0 Å². The molecule has 1 saturated heterocycles. The summed E-state index contributed by atoms with van der Waals surface area (Å²) in [7, 11) is 0. The zero-order valence-corrected chi connectivity index (χ0v) is 10.1. The number of nitrogens with two attached hydrogens (primary N) is 1. The normalized spacial score (nSPS) is 26.9. The molecule has 1 aliphatic carbocycles. The summed E-state index contributed by atoms with van der Waals surface area (Å²) in [5.74, 6) is 0.0338. The topological polar surface area (TPSA) is 64.4 Å². The summed E-state index contributed by atoms with van der Waals surface area (Å²) in [5, 5.41) is 3.02. The lowest BCUT2D eigenvalue weighted by Crippen LogP contribution is -2.59. The Balaban J connectivity index is 1.79. The lowest BCUT2D eigenvalue weighted by molar-refractivity contribution is -0.130. The summed E-state index contributed by atoms with van der Waals surface area (Å²) in [5.41, 5.74) is 5.59. The van der Waals surface area contributed by atoms with Gasteiger partial charge >= 0.3 is 0 Å². The molecule has 2 aliphatic rings. The summed E-state index contributed by atoms with van der Waals surface area (Å²) in [6, 6.07) is 0. The maximum atomic E-state index is 11.9. The molecule has 0 aromatic rings. The first-order chi connectivity index (χ1) is 7.54. The van der Waals surface area contributed by atoms with Gasteiger partial charge in [-0.3, -0.25) is 4.79 Å². The summed E-state index contributed by atoms with van der Waals surface area (Å²) < 4.78 is 5.33. The Labute approximate surface area is 96.9 Å². The summed E-state index contributed by atoms with van der Waals surface area (Å²) >= 11 is 0. The molecule has 3 N–H and O–H groups in total. The molecule has 4 nitrogen and oxygen atoms in total. The maximum Gasteiger partial charge on any atom is 0.240 e. The third-order valence-corrected chi connectivity index (χ3v) is 4.07. The molecule has 0 aromatic heterocycles. The standard InChI is InChI=1S/C12H22N2O2/c1-11(5-7-16-8-6-11)9-14-10(15)12(13)3-2-4-12/h2-9,13H2,1H3,(H,14,15). The minimum Gasteiger partial charge on any atom is -0.381 e. The van der Waals surface area contributed by atoms with Crippen molar-refractivity contribution in [1.29, 1.82) is 0 Å². The number of nitrogens with one attached hydrogen (secondary N) is 1. The molecule has 2 rings (SSSR count). The monoisotopic (exact) mass is 226 g/mol. The van der Waals surface area contributed by atoms with Gasteiger partial charge in [-0.05, 0) is 37.5 Å². The molecule has 1 heterocycles. The molecule has 4 heteroatoms. The van der Waals surface area contributed by atoms with Crippen LogP contribution in [0.5, 0.6) is 0 Å². The number of amides is 1. The number of rotatable bonds is 3. The molecule has 0 atom stereocenters. The van der Waals surface area contributed by atoms with Crippen LogP contribution in [-0.2, 0) is 9.53 Å². The third-order valence-electron chi connectivity index (χ3n) is 4.07. The highest BCUT2D eigenvalue weighted by Crippen LogP contribution is 2.31. The first-order valence-electron chi connectivity index (χ1n) is 6.19. The fourth-order valence-corrected chi connectivity index (χ4v) is 2.30. The fraction of sp³-hybridized carbons (Fsp3) is 0.917. The quantitative estimate of drug-likeness (QED) is 0.748. The first-order valence-corrected chi connectivity index (χ1v) is 6.19. The minimum atomic E-state index is -0.568. The van der Waals surface area contributed by atoms with Gasteiger partial charge in [0.05, 0.1) is 5.54 Å². The average molecular weight is 226 g/mol. The molecule has 0 bridgehead atoms. The highest BCUT2D eigenvalue weighted by molar-refractivity contribution is 5.87. The van der Waals surface area contributed by atoms with Crippen LogP contribution in [0.15, 0.2) is 0 Å². The molecule has 2 fully saturated rings. The third kappa shape index (κ3) is 2.38. The molecule has 0 aromatic carbocycles. The SMILES string of the molecule is CC1(CNC(=O)C2(N)CCC2)CCOCC1. The first kappa shape index (κ1) is 11.9. The number of hydrogen-bond acceptors (Lipinski definition) is 3. The minimum absolute atomic E-state index is 0.0338. The van der Waals surface area contributed by atoms with Gasteiger partial charge in [0.2, 0.25) is 5.91 Å². The Morgan fingerprint density at radius 1 is 1.31 bits per heavy atom. The van der Waals surface area contributed by atoms with Crippen molar-refractivity contribution >= 4 is 5.91 Å². The second-order valence-electron chi connectivity index (χ2n) is 5.62. The van der Waals surface area contributed by atoms with Crippen LogP contribution >= 0.6 is 0 Å². The molecule has 16 heavy (non-hydrogen) atoms. The number of hydrogen-bond donors (Lipinski definition) is 2. The molecule has 0 unspecified atom stereocenters. The second kappa shape index (κ2) is 4.34. The Kier molecular flexibility index (Phi) is 3.22. The van der Waals surface area contributed by atoms with Crippen LogP contribution in [0.4, 0.5) is 0 Å². The van der Waals surface area contributed by atoms with Crippen molar-refractivity contribution in [1.82, 2.24) is 5.32 Å². The van der Waals surface area contributed by atoms with Crippen molar-refractivity contribution < 1.29 is 9.53 Å². The summed E-state index contributed by atoms with van der Waals surface area (Å²) in [4.78, 5) is 11.9. The molecule has 1 amide bonds. The van der Waals surface area contributed by atoms with E-state index in [0.29, 0.717) is 0 Å². The van der Waals surface area contributed by atoms with E-state index in [9.17, 15) is 4.79 Å². The number of carbonyl (C=O) groups excluding carboxylic acids is 1. The Bertz CT molecular complexity index is 268. The second-order valence-corrected chi connectivity index (χ2v) is 5.62. The van der Waals surface area contributed by atoms with Crippen molar-refractivity contribution in [2.75, 3.05) is 19.8 Å². The largest absolute Gasteiger partial charge is 0.381 e. The van der Waals surface area contributed by atoms with Crippen molar-refractivity contribution in [3.05, 3.63) is 0 Å². The highest BCUT2D eigenvalue weighted by atomic mass is 16.5. The van der Waals surface area contributed by atoms with Crippen molar-refractivity contribution in [2.24, 2.45) is 11.1 Å². The molecule has 1 aliphatic heterocycles. The van der Waals surface area contributed by atoms with E-state index in [1.54, 1.807) is 0 Å². The van der Waals surface area contributed by atoms with E-state index in [1.165, 1.54) is 0 Å². The molecule has 92 valence electrons. The van der Waals surface area contributed by atoms with Crippen LogP contribution in [-0.4, -0.2) is 31.2 Å². The van der Waals surface area contributed by atoms with E-state index < -0.39 is 5.54 Å². The predicted octanol–water partition coefficient (Wildman–Crippen LogP) is 0.801. The van der Waals surface area contributed by atoms with E-state index >= 15 is 0 Å². The fourth-order valence-electron chi connectivity index (χ4n) is 2.30. The van der Waals surface area contributed by atoms with Gasteiger partial charge in [-0.25, -0.2) is 0 Å². The Morgan fingerprint density at radius 2 is 1.94 bits per heavy atom. The van der Waals surface area contributed by atoms with E-state index in [-0.39, 0.29) is 11.3 Å². The smallest absolute Gasteiger partial charge is 0.240 e. The van der Waals surface area contributed by atoms with Gasteiger partial charge in [0.1, 0.15) is 0 Å². The number of ether oxygens (including phenoxy) is 1. The highest BCUT2D eigenvalue weighted by Gasteiger charge is 2.40. The Morgan fingerprint density at radius 3 is 2.44 bits per heavy atom. The van der Waals surface area contributed by atoms with Crippen LogP contribution in [0, 0.1) is 5.41 Å². The van der Waals surface area contributed by atoms with Crippen molar-refractivity contribution in [3.63, 3.8) is 0 Å². The van der Waals surface area contributed by atoms with E-state index in [2.05, 4.69) is 12.2 Å². The molecule has 1 saturated carbocycles. The van der Waals surface area contributed by atoms with Crippen LogP contribution < -0.4 is 11.1 Å². The molecular formula is C12H22N2O2. The van der Waals surface area contributed by atoms with Crippen LogP contribution in [0.2, 0.25) is 0 Å². The Hall–Kier alpha value is -0.610. The van der Waals surface area contributed by atoms with Gasteiger partial charge in [0.15, 0.2) is 0 Å². The number of carbonyl (C=O) groups is 1. The van der Waals surface area contributed by atoms with Crippen LogP contribution in [0.3, 0.4) is 0 Å². The summed E-state index contributed by atoms with van der Waals surface area (Å²) in [6.07, 6.45) is 4.78. The molecular weight excluding hydrogens is 204 g/mol. The van der Waals surface area contributed by atoms with Gasteiger partial charge in [-0.1, -0.05) is 6.92 Å². The zero-order chi connectivity index (χ0) is 11.6. The van der Waals surface area contributed by atoms with Crippen LogP contribution in [0.25, 0.3) is 0 Å². The van der Waals surface area contributed by atoms with Crippen molar-refractivity contribution in [3.8, 4) is 0 Å². The lowest BCUT2D eigenvalue weighted by atomic mass is 9.76. The molecule has 0 spiro atoms. The van der Waals surface area contributed by atoms with Gasteiger partial charge in [0, 0.05) is 19.8 Å². The van der Waals surface area contributed by atoms with E-state index in [4.69, 9.17) is 10.5 Å². The average Bonchev–Trinajstić information content (AvgIpc) is 2.24. The van der Waals surface area contributed by atoms with Gasteiger partial charge < -0.3 is 15.8 Å². The van der Waals surface area contributed by atoms with Crippen molar-refractivity contribution in [2.45, 2.75) is 44.6 Å². The lowest BCUT2D eigenvalue weighted by Gasteiger charge is -2.39. The maximum absolute atomic E-state index is 11.9. The van der Waals surface area contributed by atoms with Gasteiger partial charge in [-0.15, -0.1) is 0 Å². The van der Waals surface area contributed by atoms with E-state index in [1.807, 2.05) is 0 Å². The van der Waals surface area contributed by atoms with Crippen LogP contribution in [0.1, 0.15) is 39.0 Å². The van der Waals surface area contributed by atoms with Gasteiger partial charge in [0.25, 0.3) is 0 Å².